The average Bonchev–Trinajstić information content (AvgIpc) is 4.02. The van der Waals surface area contributed by atoms with Crippen LogP contribution >= 0.6 is 23.2 Å². The van der Waals surface area contributed by atoms with Crippen LogP contribution in [0, 0.1) is 17.0 Å². The summed E-state index contributed by atoms with van der Waals surface area (Å²) in [5.41, 5.74) is -0.852. The lowest BCUT2D eigenvalue weighted by atomic mass is 10.0. The third-order valence-corrected chi connectivity index (χ3v) is 10.2. The zero-order valence-corrected chi connectivity index (χ0v) is 33.1. The van der Waals surface area contributed by atoms with E-state index in [-0.39, 0.29) is 75.5 Å². The molecule has 2 saturated carbocycles. The van der Waals surface area contributed by atoms with E-state index in [2.05, 4.69) is 4.74 Å². The van der Waals surface area contributed by atoms with E-state index < -0.39 is 58.6 Å². The zero-order chi connectivity index (χ0) is 40.9. The van der Waals surface area contributed by atoms with Crippen LogP contribution in [0.5, 0.6) is 17.2 Å². The SMILES string of the molecule is CC(C)(C)OC(=O)Oc1ccc(N(CC2CC2)S(C)(=O)=O)cc1C(=O)OCC(=O)OC(Cc1c(Cl)c[n+]([O-])cc1Cl)c1ccc(OC(F)F)c(OCC2CC2)c1. The van der Waals surface area contributed by atoms with Gasteiger partial charge in [-0.1, -0.05) is 29.3 Å². The number of hydrogen-bond donors (Lipinski definition) is 0. The minimum atomic E-state index is -3.81. The first kappa shape index (κ1) is 42.5. The molecule has 304 valence electrons. The second-order valence-corrected chi connectivity index (χ2v) is 17.1. The maximum atomic E-state index is 13.6. The van der Waals surface area contributed by atoms with Crippen LogP contribution in [0.15, 0.2) is 48.8 Å². The molecule has 2 aliphatic rings. The number of esters is 2. The molecule has 2 aliphatic carbocycles. The van der Waals surface area contributed by atoms with Gasteiger partial charge in [0.15, 0.2) is 30.5 Å². The van der Waals surface area contributed by atoms with Gasteiger partial charge < -0.3 is 33.6 Å². The summed E-state index contributed by atoms with van der Waals surface area (Å²) in [4.78, 5) is 39.5. The molecule has 56 heavy (non-hydrogen) atoms. The van der Waals surface area contributed by atoms with Crippen molar-refractivity contribution in [3.63, 3.8) is 0 Å². The first-order chi connectivity index (χ1) is 26.3. The van der Waals surface area contributed by atoms with Gasteiger partial charge in [0.05, 0.1) is 18.6 Å². The van der Waals surface area contributed by atoms with Crippen molar-refractivity contribution in [2.75, 3.05) is 30.3 Å². The number of anilines is 1. The second-order valence-electron chi connectivity index (χ2n) is 14.4. The van der Waals surface area contributed by atoms with Crippen molar-refractivity contribution in [1.29, 1.82) is 0 Å². The van der Waals surface area contributed by atoms with Crippen LogP contribution in [-0.4, -0.2) is 64.7 Å². The molecular formula is C37H40Cl2F2N2O12S. The number of alkyl halides is 2. The zero-order valence-electron chi connectivity index (χ0n) is 30.8. The van der Waals surface area contributed by atoms with E-state index in [0.29, 0.717) is 4.73 Å². The van der Waals surface area contributed by atoms with Gasteiger partial charge in [0.25, 0.3) is 0 Å². The van der Waals surface area contributed by atoms with E-state index in [4.69, 9.17) is 46.9 Å². The maximum Gasteiger partial charge on any atom is 0.514 e. The number of carbonyl (C=O) groups is 3. The molecule has 3 aromatic rings. The fourth-order valence-electron chi connectivity index (χ4n) is 5.31. The monoisotopic (exact) mass is 844 g/mol. The minimum Gasteiger partial charge on any atom is -0.619 e. The van der Waals surface area contributed by atoms with E-state index in [9.17, 15) is 36.8 Å². The molecule has 0 saturated heterocycles. The van der Waals surface area contributed by atoms with Crippen molar-refractivity contribution < 1.29 is 64.7 Å². The molecule has 5 rings (SSSR count). The van der Waals surface area contributed by atoms with Gasteiger partial charge >= 0.3 is 24.7 Å². The lowest BCUT2D eigenvalue weighted by Gasteiger charge is -2.24. The molecule has 0 spiro atoms. The highest BCUT2D eigenvalue weighted by Crippen LogP contribution is 2.38. The molecule has 2 fully saturated rings. The Hall–Kier alpha value is -4.61. The Morgan fingerprint density at radius 3 is 2.20 bits per heavy atom. The number of carbonyl (C=O) groups excluding carboxylic acids is 3. The molecule has 19 heteroatoms. The van der Waals surface area contributed by atoms with Gasteiger partial charge in [-0.2, -0.15) is 13.5 Å². The number of benzene rings is 2. The fourth-order valence-corrected chi connectivity index (χ4v) is 6.88. The van der Waals surface area contributed by atoms with E-state index in [0.717, 1.165) is 54.7 Å². The van der Waals surface area contributed by atoms with Crippen molar-refractivity contribution in [3.05, 3.63) is 80.7 Å². The number of hydrogen-bond acceptors (Lipinski definition) is 12. The minimum absolute atomic E-state index is 0.0490. The predicted octanol–water partition coefficient (Wildman–Crippen LogP) is 7.19. The van der Waals surface area contributed by atoms with E-state index in [1.54, 1.807) is 20.8 Å². The Morgan fingerprint density at radius 2 is 1.61 bits per heavy atom. The van der Waals surface area contributed by atoms with Gasteiger partial charge in [0.2, 0.25) is 10.0 Å². The molecule has 0 amide bonds. The van der Waals surface area contributed by atoms with Gasteiger partial charge in [-0.15, -0.1) is 0 Å². The Balaban J connectivity index is 1.41. The maximum absolute atomic E-state index is 13.6. The summed E-state index contributed by atoms with van der Waals surface area (Å²) in [6.07, 6.45) is 3.90. The molecule has 0 aliphatic heterocycles. The van der Waals surface area contributed by atoms with Gasteiger partial charge in [-0.3, -0.25) is 4.31 Å². The summed E-state index contributed by atoms with van der Waals surface area (Å²) in [5, 5.41) is 11.8. The number of rotatable bonds is 17. The quantitative estimate of drug-likeness (QED) is 0.0441. The van der Waals surface area contributed by atoms with Gasteiger partial charge in [-0.25, -0.2) is 22.8 Å². The highest BCUT2D eigenvalue weighted by atomic mass is 35.5. The average molecular weight is 846 g/mol. The number of sulfonamides is 1. The summed E-state index contributed by atoms with van der Waals surface area (Å²) in [7, 11) is -3.81. The van der Waals surface area contributed by atoms with Crippen LogP contribution in [-0.2, 0) is 35.4 Å². The standard InChI is InChI=1S/C37H40Cl2F2N2O12S/c1-37(2,3)55-36(46)54-29-12-10-24(43(56(4,48)49)16-21-5-6-21)14-26(29)34(45)51-20-33(44)52-31(15-25-27(38)17-42(47)18-28(25)39)23-9-11-30(53-35(40)41)32(13-23)50-19-22-7-8-22/h9-14,17-18,21-22,31,35H,5-8,15-16,19-20H2,1-4H3. The highest BCUT2D eigenvalue weighted by molar-refractivity contribution is 7.92. The predicted molar refractivity (Wildman–Crippen MR) is 198 cm³/mol. The third-order valence-electron chi connectivity index (χ3n) is 8.34. The van der Waals surface area contributed by atoms with E-state index >= 15 is 0 Å². The van der Waals surface area contributed by atoms with Gasteiger partial charge in [-0.05, 0) is 94.2 Å². The normalized spacial score (nSPS) is 14.8. The van der Waals surface area contributed by atoms with Crippen LogP contribution in [0.25, 0.3) is 0 Å². The molecule has 1 aromatic heterocycles. The highest BCUT2D eigenvalue weighted by Gasteiger charge is 2.32. The summed E-state index contributed by atoms with van der Waals surface area (Å²) in [6, 6.07) is 7.64. The summed E-state index contributed by atoms with van der Waals surface area (Å²) >= 11 is 12.7. The number of aromatic nitrogens is 1. The molecule has 0 bridgehead atoms. The molecule has 14 nitrogen and oxygen atoms in total. The van der Waals surface area contributed by atoms with Crippen LogP contribution in [0.2, 0.25) is 10.0 Å². The van der Waals surface area contributed by atoms with Crippen molar-refractivity contribution in [1.82, 2.24) is 0 Å². The van der Waals surface area contributed by atoms with E-state index in [1.807, 2.05) is 0 Å². The number of halogens is 4. The molecule has 0 radical (unpaired) electrons. The smallest absolute Gasteiger partial charge is 0.514 e. The van der Waals surface area contributed by atoms with Crippen LogP contribution < -0.4 is 23.2 Å². The molecule has 0 N–H and O–H groups in total. The van der Waals surface area contributed by atoms with E-state index in [1.165, 1.54) is 30.3 Å². The Kier molecular flexibility index (Phi) is 13.4. The van der Waals surface area contributed by atoms with Crippen LogP contribution in [0.3, 0.4) is 0 Å². The van der Waals surface area contributed by atoms with Crippen molar-refractivity contribution in [2.24, 2.45) is 11.8 Å². The Bertz CT molecular complexity index is 2030. The molecular weight excluding hydrogens is 805 g/mol. The third kappa shape index (κ3) is 12.4. The Morgan fingerprint density at radius 1 is 0.964 bits per heavy atom. The van der Waals surface area contributed by atoms with Crippen molar-refractivity contribution >= 4 is 57.0 Å². The summed E-state index contributed by atoms with van der Waals surface area (Å²) < 4.78 is 85.4. The topological polar surface area (TPSA) is 171 Å². The van der Waals surface area contributed by atoms with Crippen molar-refractivity contribution in [2.45, 2.75) is 71.2 Å². The van der Waals surface area contributed by atoms with Gasteiger partial charge in [0, 0.05) is 18.5 Å². The summed E-state index contributed by atoms with van der Waals surface area (Å²) in [5.74, 6) is -2.57. The first-order valence-electron chi connectivity index (χ1n) is 17.4. The molecule has 1 heterocycles. The number of nitrogens with zero attached hydrogens (tertiary/aromatic N) is 2. The van der Waals surface area contributed by atoms with Gasteiger partial charge in [0.1, 0.15) is 33.1 Å². The molecule has 1 unspecified atom stereocenters. The molecule has 1 atom stereocenters. The lowest BCUT2D eigenvalue weighted by Crippen LogP contribution is -2.32. The largest absolute Gasteiger partial charge is 0.619 e. The van der Waals surface area contributed by atoms with Crippen LogP contribution in [0.4, 0.5) is 19.3 Å². The van der Waals surface area contributed by atoms with Crippen LogP contribution in [0.1, 0.15) is 74.0 Å². The lowest BCUT2D eigenvalue weighted by molar-refractivity contribution is -0.605. The first-order valence-corrected chi connectivity index (χ1v) is 20.0. The fraction of sp³-hybridized carbons (Fsp3) is 0.459. The van der Waals surface area contributed by atoms with Crippen molar-refractivity contribution in [3.8, 4) is 17.2 Å². The second kappa shape index (κ2) is 17.7. The molecule has 2 aromatic carbocycles. The summed E-state index contributed by atoms with van der Waals surface area (Å²) in [6.45, 7) is 1.02. The number of pyridine rings is 1. The Labute approximate surface area is 332 Å². The number of ether oxygens (including phenoxy) is 6.